The maximum atomic E-state index is 12.5. The highest BCUT2D eigenvalue weighted by Gasteiger charge is 2.13. The molecule has 1 amide bonds. The molecule has 4 nitrogen and oxygen atoms in total. The highest BCUT2D eigenvalue weighted by atomic mass is 35.5. The van der Waals surface area contributed by atoms with Crippen molar-refractivity contribution >= 4 is 40.9 Å². The van der Waals surface area contributed by atoms with Crippen molar-refractivity contribution in [2.24, 2.45) is 0 Å². The number of anilines is 1. The van der Waals surface area contributed by atoms with Gasteiger partial charge in [-0.15, -0.1) is 0 Å². The Labute approximate surface area is 185 Å². The van der Waals surface area contributed by atoms with E-state index >= 15 is 0 Å². The number of furan rings is 1. The highest BCUT2D eigenvalue weighted by Crippen LogP contribution is 2.34. The molecule has 2 aromatic carbocycles. The lowest BCUT2D eigenvalue weighted by molar-refractivity contribution is -0.112. The van der Waals surface area contributed by atoms with Gasteiger partial charge in [-0.3, -0.25) is 4.79 Å². The molecule has 3 aromatic rings. The molecule has 152 valence electrons. The number of unbranched alkanes of at least 4 members (excludes halogenated alkanes) is 1. The summed E-state index contributed by atoms with van der Waals surface area (Å²) in [4.78, 5) is 12.5. The molecule has 1 heterocycles. The van der Waals surface area contributed by atoms with Crippen LogP contribution in [-0.4, -0.2) is 5.91 Å². The highest BCUT2D eigenvalue weighted by molar-refractivity contribution is 6.43. The molecule has 0 spiro atoms. The van der Waals surface area contributed by atoms with Crippen LogP contribution < -0.4 is 5.32 Å². The minimum absolute atomic E-state index is 0.0665. The zero-order valence-electron chi connectivity index (χ0n) is 16.4. The molecule has 0 radical (unpaired) electrons. The van der Waals surface area contributed by atoms with Crippen molar-refractivity contribution in [3.8, 4) is 17.4 Å². The molecule has 30 heavy (non-hydrogen) atoms. The van der Waals surface area contributed by atoms with Crippen LogP contribution in [0.15, 0.2) is 64.6 Å². The number of amides is 1. The number of nitrogens with one attached hydrogen (secondary N) is 1. The van der Waals surface area contributed by atoms with Crippen LogP contribution in [0.3, 0.4) is 0 Å². The van der Waals surface area contributed by atoms with E-state index in [1.807, 2.05) is 30.3 Å². The number of carbonyl (C=O) groups excluding carboxylic acids is 1. The van der Waals surface area contributed by atoms with Gasteiger partial charge in [-0.25, -0.2) is 0 Å². The number of benzene rings is 2. The Morgan fingerprint density at radius 1 is 1.13 bits per heavy atom. The summed E-state index contributed by atoms with van der Waals surface area (Å²) in [7, 11) is 0. The molecule has 0 saturated carbocycles. The van der Waals surface area contributed by atoms with Gasteiger partial charge in [0.2, 0.25) is 0 Å². The zero-order valence-corrected chi connectivity index (χ0v) is 17.9. The monoisotopic (exact) mass is 438 g/mol. The fourth-order valence-corrected chi connectivity index (χ4v) is 3.29. The fraction of sp³-hybridized carbons (Fsp3) is 0.167. The SMILES string of the molecule is CCCCc1ccc(NC(=O)/C(C#N)=C/c2ccc(-c3cccc(Cl)c3Cl)o2)cc1. The van der Waals surface area contributed by atoms with Crippen molar-refractivity contribution in [3.63, 3.8) is 0 Å². The fourth-order valence-electron chi connectivity index (χ4n) is 2.89. The number of aryl methyl sites for hydroxylation is 1. The van der Waals surface area contributed by atoms with Crippen LogP contribution in [0.25, 0.3) is 17.4 Å². The van der Waals surface area contributed by atoms with Crippen LogP contribution in [0.4, 0.5) is 5.69 Å². The Kier molecular flexibility index (Phi) is 7.35. The van der Waals surface area contributed by atoms with Gasteiger partial charge in [0.15, 0.2) is 0 Å². The molecule has 0 aliphatic rings. The molecular formula is C24H20Cl2N2O2. The second-order valence-corrected chi connectivity index (χ2v) is 7.51. The molecule has 0 fully saturated rings. The van der Waals surface area contributed by atoms with E-state index in [4.69, 9.17) is 27.6 Å². The van der Waals surface area contributed by atoms with E-state index in [1.54, 1.807) is 30.3 Å². The Bertz CT molecular complexity index is 1110. The molecule has 0 bridgehead atoms. The average Bonchev–Trinajstić information content (AvgIpc) is 3.21. The molecule has 3 rings (SSSR count). The molecule has 0 saturated heterocycles. The topological polar surface area (TPSA) is 66.0 Å². The minimum Gasteiger partial charge on any atom is -0.457 e. The third kappa shape index (κ3) is 5.33. The van der Waals surface area contributed by atoms with Crippen LogP contribution in [0, 0.1) is 11.3 Å². The Balaban J connectivity index is 1.74. The Hall–Kier alpha value is -3.00. The summed E-state index contributed by atoms with van der Waals surface area (Å²) in [6.07, 6.45) is 4.66. The summed E-state index contributed by atoms with van der Waals surface area (Å²) in [6.45, 7) is 2.15. The van der Waals surface area contributed by atoms with E-state index in [-0.39, 0.29) is 5.57 Å². The van der Waals surface area contributed by atoms with Crippen LogP contribution in [-0.2, 0) is 11.2 Å². The van der Waals surface area contributed by atoms with Gasteiger partial charge in [-0.05, 0) is 54.8 Å². The molecule has 0 aliphatic heterocycles. The normalized spacial score (nSPS) is 11.2. The number of hydrogen-bond acceptors (Lipinski definition) is 3. The molecule has 0 unspecified atom stereocenters. The van der Waals surface area contributed by atoms with E-state index < -0.39 is 5.91 Å². The van der Waals surface area contributed by atoms with Gasteiger partial charge < -0.3 is 9.73 Å². The van der Waals surface area contributed by atoms with E-state index in [0.29, 0.717) is 32.8 Å². The van der Waals surface area contributed by atoms with Gasteiger partial charge in [0, 0.05) is 17.3 Å². The van der Waals surface area contributed by atoms with Gasteiger partial charge in [-0.1, -0.05) is 54.7 Å². The maximum Gasteiger partial charge on any atom is 0.266 e. The van der Waals surface area contributed by atoms with Crippen molar-refractivity contribution < 1.29 is 9.21 Å². The number of halogens is 2. The Morgan fingerprint density at radius 2 is 1.90 bits per heavy atom. The van der Waals surface area contributed by atoms with Crippen molar-refractivity contribution in [3.05, 3.63) is 81.5 Å². The number of nitrogens with zero attached hydrogens (tertiary/aromatic N) is 1. The molecule has 0 aliphatic carbocycles. The van der Waals surface area contributed by atoms with Crippen molar-refractivity contribution in [1.82, 2.24) is 0 Å². The number of hydrogen-bond donors (Lipinski definition) is 1. The predicted octanol–water partition coefficient (Wildman–Crippen LogP) is 7.14. The summed E-state index contributed by atoms with van der Waals surface area (Å²) >= 11 is 12.3. The Morgan fingerprint density at radius 3 is 2.60 bits per heavy atom. The zero-order chi connectivity index (χ0) is 21.5. The number of rotatable bonds is 7. The van der Waals surface area contributed by atoms with Gasteiger partial charge in [0.25, 0.3) is 5.91 Å². The molecule has 0 atom stereocenters. The standard InChI is InChI=1S/C24H20Cl2N2O2/c1-2-3-5-16-8-10-18(11-9-16)28-24(29)17(15-27)14-19-12-13-22(30-19)20-6-4-7-21(25)23(20)26/h4,6-14H,2-3,5H2,1H3,(H,28,29)/b17-14+. The average molecular weight is 439 g/mol. The van der Waals surface area contributed by atoms with Crippen LogP contribution in [0.5, 0.6) is 0 Å². The van der Waals surface area contributed by atoms with E-state index in [0.717, 1.165) is 19.3 Å². The van der Waals surface area contributed by atoms with Crippen LogP contribution in [0.1, 0.15) is 31.1 Å². The maximum absolute atomic E-state index is 12.5. The smallest absolute Gasteiger partial charge is 0.266 e. The summed E-state index contributed by atoms with van der Waals surface area (Å²) in [5.74, 6) is 0.356. The van der Waals surface area contributed by atoms with Crippen LogP contribution in [0.2, 0.25) is 10.0 Å². The van der Waals surface area contributed by atoms with Crippen molar-refractivity contribution in [2.75, 3.05) is 5.32 Å². The first-order valence-electron chi connectivity index (χ1n) is 9.58. The lowest BCUT2D eigenvalue weighted by Crippen LogP contribution is -2.13. The van der Waals surface area contributed by atoms with Crippen molar-refractivity contribution in [1.29, 1.82) is 5.26 Å². The van der Waals surface area contributed by atoms with Crippen LogP contribution >= 0.6 is 23.2 Å². The van der Waals surface area contributed by atoms with Gasteiger partial charge >= 0.3 is 0 Å². The summed E-state index contributed by atoms with van der Waals surface area (Å²) in [6, 6.07) is 18.2. The third-order valence-electron chi connectivity index (χ3n) is 4.53. The first-order valence-corrected chi connectivity index (χ1v) is 10.3. The lowest BCUT2D eigenvalue weighted by Gasteiger charge is -2.06. The second kappa shape index (κ2) is 10.2. The second-order valence-electron chi connectivity index (χ2n) is 6.73. The lowest BCUT2D eigenvalue weighted by atomic mass is 10.1. The summed E-state index contributed by atoms with van der Waals surface area (Å²) in [5.41, 5.74) is 2.42. The minimum atomic E-state index is -0.502. The molecular weight excluding hydrogens is 419 g/mol. The quantitative estimate of drug-likeness (QED) is 0.314. The van der Waals surface area contributed by atoms with Gasteiger partial charge in [0.1, 0.15) is 23.2 Å². The van der Waals surface area contributed by atoms with E-state index in [9.17, 15) is 10.1 Å². The molecule has 1 aromatic heterocycles. The first kappa shape index (κ1) is 21.7. The van der Waals surface area contributed by atoms with Gasteiger partial charge in [-0.2, -0.15) is 5.26 Å². The number of nitriles is 1. The largest absolute Gasteiger partial charge is 0.457 e. The molecule has 1 N–H and O–H groups in total. The number of carbonyl (C=O) groups is 1. The molecule has 6 heteroatoms. The van der Waals surface area contributed by atoms with E-state index in [2.05, 4.69) is 12.2 Å². The first-order chi connectivity index (χ1) is 14.5. The third-order valence-corrected chi connectivity index (χ3v) is 5.35. The summed E-state index contributed by atoms with van der Waals surface area (Å²) < 4.78 is 5.74. The predicted molar refractivity (Wildman–Crippen MR) is 121 cm³/mol. The van der Waals surface area contributed by atoms with Gasteiger partial charge in [0.05, 0.1) is 10.0 Å². The van der Waals surface area contributed by atoms with E-state index in [1.165, 1.54) is 11.6 Å². The summed E-state index contributed by atoms with van der Waals surface area (Å²) in [5, 5.41) is 13.0. The van der Waals surface area contributed by atoms with Crippen molar-refractivity contribution in [2.45, 2.75) is 26.2 Å².